The summed E-state index contributed by atoms with van der Waals surface area (Å²) in [5.74, 6) is 0.637. The maximum Gasteiger partial charge on any atom is 0.214 e. The number of thioether (sulfide) groups is 1. The second-order valence-electron chi connectivity index (χ2n) is 5.86. The molecule has 130 valence electrons. The second kappa shape index (κ2) is 7.09. The van der Waals surface area contributed by atoms with Crippen LogP contribution in [0.15, 0.2) is 59.9 Å². The summed E-state index contributed by atoms with van der Waals surface area (Å²) in [6.45, 7) is 4.12. The maximum absolute atomic E-state index is 4.52. The largest absolute Gasteiger partial charge is 0.214 e. The van der Waals surface area contributed by atoms with Gasteiger partial charge in [0.15, 0.2) is 0 Å². The lowest BCUT2D eigenvalue weighted by molar-refractivity contribution is 0.742. The zero-order chi connectivity index (χ0) is 17.9. The predicted octanol–water partition coefficient (Wildman–Crippen LogP) is 3.15. The number of hydrogen-bond donors (Lipinski definition) is 0. The van der Waals surface area contributed by atoms with Crippen LogP contribution < -0.4 is 0 Å². The molecule has 0 N–H and O–H groups in total. The molecule has 0 aliphatic carbocycles. The Morgan fingerprint density at radius 1 is 0.962 bits per heavy atom. The number of rotatable bonds is 5. The molecule has 4 aromatic rings. The number of hydrogen-bond acceptors (Lipinski definition) is 6. The molecule has 0 aliphatic rings. The van der Waals surface area contributed by atoms with Crippen molar-refractivity contribution in [1.29, 1.82) is 0 Å². The highest BCUT2D eigenvalue weighted by Gasteiger charge is 2.14. The molecule has 0 atom stereocenters. The monoisotopic (exact) mass is 363 g/mol. The van der Waals surface area contributed by atoms with Gasteiger partial charge in [-0.15, -0.1) is 5.10 Å². The van der Waals surface area contributed by atoms with Crippen LogP contribution in [0, 0.1) is 13.8 Å². The van der Waals surface area contributed by atoms with E-state index in [0.717, 1.165) is 33.4 Å². The number of para-hydroxylation sites is 2. The van der Waals surface area contributed by atoms with Gasteiger partial charge in [-0.1, -0.05) is 48.2 Å². The van der Waals surface area contributed by atoms with E-state index in [0.29, 0.717) is 5.75 Å². The lowest BCUT2D eigenvalue weighted by Crippen LogP contribution is -2.04. The zero-order valence-corrected chi connectivity index (χ0v) is 15.3. The molecule has 26 heavy (non-hydrogen) atoms. The first-order valence-electron chi connectivity index (χ1n) is 8.17. The Kier molecular flexibility index (Phi) is 4.49. The van der Waals surface area contributed by atoms with E-state index in [2.05, 4.69) is 51.7 Å². The van der Waals surface area contributed by atoms with Gasteiger partial charge in [0.2, 0.25) is 5.16 Å². The number of nitrogens with zero attached hydrogens (tertiary/aromatic N) is 7. The SMILES string of the molecule is Cc1cccc(C)c1-n1nnnc1SCc1cnn(-c2ccccc2)n1. The van der Waals surface area contributed by atoms with E-state index >= 15 is 0 Å². The van der Waals surface area contributed by atoms with Crippen molar-refractivity contribution in [3.05, 3.63) is 71.5 Å². The first kappa shape index (κ1) is 16.5. The van der Waals surface area contributed by atoms with Crippen LogP contribution in [0.4, 0.5) is 0 Å². The van der Waals surface area contributed by atoms with Gasteiger partial charge in [-0.05, 0) is 47.5 Å². The molecule has 2 aromatic heterocycles. The molecule has 0 radical (unpaired) electrons. The average molecular weight is 363 g/mol. The van der Waals surface area contributed by atoms with E-state index in [1.54, 1.807) is 15.7 Å². The van der Waals surface area contributed by atoms with Gasteiger partial charge in [-0.25, -0.2) is 0 Å². The molecular formula is C18H17N7S. The fourth-order valence-electron chi connectivity index (χ4n) is 2.73. The van der Waals surface area contributed by atoms with Crippen molar-refractivity contribution in [2.75, 3.05) is 0 Å². The minimum Gasteiger partial charge on any atom is -0.187 e. The number of aromatic nitrogens is 7. The zero-order valence-electron chi connectivity index (χ0n) is 14.4. The topological polar surface area (TPSA) is 74.3 Å². The Bertz CT molecular complexity index is 1000. The van der Waals surface area contributed by atoms with Gasteiger partial charge >= 0.3 is 0 Å². The standard InChI is InChI=1S/C18H17N7S/c1-13-7-6-8-14(2)17(13)24-18(20-22-23-24)26-12-15-11-19-25(21-15)16-9-4-3-5-10-16/h3-11H,12H2,1-2H3. The molecular weight excluding hydrogens is 346 g/mol. The summed E-state index contributed by atoms with van der Waals surface area (Å²) in [6.07, 6.45) is 1.77. The van der Waals surface area contributed by atoms with Crippen LogP contribution in [0.5, 0.6) is 0 Å². The van der Waals surface area contributed by atoms with Gasteiger partial charge in [-0.2, -0.15) is 19.7 Å². The Morgan fingerprint density at radius 2 is 1.73 bits per heavy atom. The molecule has 0 saturated carbocycles. The number of aryl methyl sites for hydroxylation is 2. The second-order valence-corrected chi connectivity index (χ2v) is 6.81. The van der Waals surface area contributed by atoms with Crippen molar-refractivity contribution in [2.45, 2.75) is 24.8 Å². The van der Waals surface area contributed by atoms with Crippen molar-refractivity contribution in [3.8, 4) is 11.4 Å². The van der Waals surface area contributed by atoms with E-state index < -0.39 is 0 Å². The molecule has 2 aromatic carbocycles. The van der Waals surface area contributed by atoms with Crippen LogP contribution in [0.2, 0.25) is 0 Å². The van der Waals surface area contributed by atoms with E-state index in [1.165, 1.54) is 11.8 Å². The summed E-state index contributed by atoms with van der Waals surface area (Å²) in [7, 11) is 0. The minimum absolute atomic E-state index is 0.637. The van der Waals surface area contributed by atoms with Crippen molar-refractivity contribution in [2.24, 2.45) is 0 Å². The van der Waals surface area contributed by atoms with Crippen LogP contribution in [0.25, 0.3) is 11.4 Å². The van der Waals surface area contributed by atoms with Crippen LogP contribution >= 0.6 is 11.8 Å². The molecule has 0 fully saturated rings. The van der Waals surface area contributed by atoms with Gasteiger partial charge in [0, 0.05) is 5.75 Å². The third-order valence-corrected chi connectivity index (χ3v) is 4.92. The van der Waals surface area contributed by atoms with E-state index in [9.17, 15) is 0 Å². The molecule has 0 unspecified atom stereocenters. The molecule has 0 bridgehead atoms. The van der Waals surface area contributed by atoms with Crippen molar-refractivity contribution in [3.63, 3.8) is 0 Å². The third-order valence-electron chi connectivity index (χ3n) is 3.97. The minimum atomic E-state index is 0.637. The molecule has 0 aliphatic heterocycles. The molecule has 7 nitrogen and oxygen atoms in total. The van der Waals surface area contributed by atoms with Crippen molar-refractivity contribution >= 4 is 11.8 Å². The first-order chi connectivity index (χ1) is 12.7. The van der Waals surface area contributed by atoms with Crippen LogP contribution in [0.1, 0.15) is 16.8 Å². The lowest BCUT2D eigenvalue weighted by Gasteiger charge is -2.10. The molecule has 0 amide bonds. The molecule has 8 heteroatoms. The normalized spacial score (nSPS) is 11.0. The number of benzene rings is 2. The third kappa shape index (κ3) is 3.23. The summed E-state index contributed by atoms with van der Waals surface area (Å²) in [5, 5.41) is 21.8. The highest BCUT2D eigenvalue weighted by Crippen LogP contribution is 2.25. The highest BCUT2D eigenvalue weighted by atomic mass is 32.2. The van der Waals surface area contributed by atoms with Gasteiger partial charge in [0.05, 0.1) is 23.3 Å². The Balaban J connectivity index is 1.54. The van der Waals surface area contributed by atoms with E-state index in [4.69, 9.17) is 0 Å². The maximum atomic E-state index is 4.52. The summed E-state index contributed by atoms with van der Waals surface area (Å²) < 4.78 is 1.79. The first-order valence-corrected chi connectivity index (χ1v) is 9.15. The van der Waals surface area contributed by atoms with Gasteiger partial charge in [0.1, 0.15) is 0 Å². The predicted molar refractivity (Wildman–Crippen MR) is 99.5 cm³/mol. The molecule has 0 spiro atoms. The van der Waals surface area contributed by atoms with Crippen molar-refractivity contribution < 1.29 is 0 Å². The van der Waals surface area contributed by atoms with Crippen LogP contribution in [0.3, 0.4) is 0 Å². The van der Waals surface area contributed by atoms with Crippen LogP contribution in [-0.2, 0) is 5.75 Å². The smallest absolute Gasteiger partial charge is 0.187 e. The van der Waals surface area contributed by atoms with E-state index in [-0.39, 0.29) is 0 Å². The van der Waals surface area contributed by atoms with Gasteiger partial charge in [-0.3, -0.25) is 0 Å². The fraction of sp³-hybridized carbons (Fsp3) is 0.167. The Hall–Kier alpha value is -3.00. The summed E-state index contributed by atoms with van der Waals surface area (Å²) in [4.78, 5) is 1.63. The Morgan fingerprint density at radius 3 is 2.50 bits per heavy atom. The van der Waals surface area contributed by atoms with Crippen LogP contribution in [-0.4, -0.2) is 35.2 Å². The molecule has 0 saturated heterocycles. The van der Waals surface area contributed by atoms with Gasteiger partial charge < -0.3 is 0 Å². The molecule has 4 rings (SSSR count). The van der Waals surface area contributed by atoms with E-state index in [1.807, 2.05) is 36.4 Å². The summed E-state index contributed by atoms with van der Waals surface area (Å²) in [5.41, 5.74) is 5.09. The summed E-state index contributed by atoms with van der Waals surface area (Å²) in [6, 6.07) is 16.0. The average Bonchev–Trinajstić information content (AvgIpc) is 3.30. The quantitative estimate of drug-likeness (QED) is 0.507. The van der Waals surface area contributed by atoms with Gasteiger partial charge in [0.25, 0.3) is 0 Å². The van der Waals surface area contributed by atoms with Crippen molar-refractivity contribution in [1.82, 2.24) is 35.2 Å². The Labute approximate surface area is 155 Å². The number of tetrazole rings is 1. The fourth-order valence-corrected chi connectivity index (χ4v) is 3.49. The molecule has 2 heterocycles. The lowest BCUT2D eigenvalue weighted by atomic mass is 10.1. The highest BCUT2D eigenvalue weighted by molar-refractivity contribution is 7.98. The summed E-state index contributed by atoms with van der Waals surface area (Å²) >= 11 is 1.54.